The van der Waals surface area contributed by atoms with E-state index < -0.39 is 12.2 Å². The number of hydrogen-bond donors (Lipinski definition) is 2. The molecule has 2 fully saturated rings. The second kappa shape index (κ2) is 13.1. The first kappa shape index (κ1) is 32.1. The van der Waals surface area contributed by atoms with Crippen molar-refractivity contribution < 1.29 is 19.4 Å². The zero-order valence-corrected chi connectivity index (χ0v) is 27.0. The first-order chi connectivity index (χ1) is 22.5. The minimum absolute atomic E-state index is 0.0946. The van der Waals surface area contributed by atoms with Crippen molar-refractivity contribution in [3.63, 3.8) is 0 Å². The maximum absolute atomic E-state index is 13.9. The van der Waals surface area contributed by atoms with E-state index >= 15 is 0 Å². The van der Waals surface area contributed by atoms with Gasteiger partial charge in [0.1, 0.15) is 23.0 Å². The van der Waals surface area contributed by atoms with Gasteiger partial charge in [-0.3, -0.25) is 19.3 Å². The third kappa shape index (κ3) is 6.67. The molecule has 0 bridgehead atoms. The Labute approximate surface area is 273 Å². The highest BCUT2D eigenvalue weighted by atomic mass is 16.5. The van der Waals surface area contributed by atoms with Crippen molar-refractivity contribution >= 4 is 29.1 Å². The van der Waals surface area contributed by atoms with Gasteiger partial charge in [-0.05, 0) is 48.6 Å². The minimum Gasteiger partial charge on any atom is -0.392 e. The van der Waals surface area contributed by atoms with E-state index in [9.17, 15) is 19.5 Å². The molecule has 6 rings (SSSR count). The molecule has 0 atom stereocenters. The van der Waals surface area contributed by atoms with Crippen molar-refractivity contribution in [3.05, 3.63) is 82.1 Å². The summed E-state index contributed by atoms with van der Waals surface area (Å²) < 4.78 is 6.53. The number of allylic oxidation sites excluding steroid dienone is 2. The summed E-state index contributed by atoms with van der Waals surface area (Å²) in [5, 5.41) is 18.1. The number of aromatic nitrogens is 4. The van der Waals surface area contributed by atoms with Crippen LogP contribution in [0.15, 0.2) is 65.4 Å². The van der Waals surface area contributed by atoms with Crippen molar-refractivity contribution in [2.24, 2.45) is 12.5 Å². The Balaban J connectivity index is 1.28. The van der Waals surface area contributed by atoms with Gasteiger partial charge in [0.25, 0.3) is 17.4 Å². The molecule has 3 aliphatic heterocycles. The third-order valence-electron chi connectivity index (χ3n) is 8.86. The van der Waals surface area contributed by atoms with Gasteiger partial charge >= 0.3 is 0 Å². The molecule has 0 radical (unpaired) electrons. The third-order valence-corrected chi connectivity index (χ3v) is 8.86. The molecule has 0 aliphatic carbocycles. The number of carbonyl (C=O) groups is 2. The number of piperazine rings is 1. The molecule has 2 saturated heterocycles. The molecule has 47 heavy (non-hydrogen) atoms. The second-order valence-corrected chi connectivity index (χ2v) is 12.9. The number of aryl methyl sites for hydroxylation is 1. The Hall–Kier alpha value is -4.88. The van der Waals surface area contributed by atoms with Gasteiger partial charge < -0.3 is 25.0 Å². The zero-order valence-electron chi connectivity index (χ0n) is 27.0. The van der Waals surface area contributed by atoms with Crippen LogP contribution in [0.3, 0.4) is 0 Å². The fourth-order valence-electron chi connectivity index (χ4n) is 6.31. The van der Waals surface area contributed by atoms with Crippen molar-refractivity contribution in [2.75, 3.05) is 56.2 Å². The number of aliphatic hydroxyl groups excluding tert-OH is 1. The molecular weight excluding hydrogens is 600 g/mol. The molecule has 0 saturated carbocycles. The smallest absolute Gasteiger partial charge is 0.290 e. The molecule has 0 unspecified atom stereocenters. The number of amides is 2. The summed E-state index contributed by atoms with van der Waals surface area (Å²) in [5.74, 6) is 0.389. The van der Waals surface area contributed by atoms with E-state index in [-0.39, 0.29) is 22.9 Å². The number of hydrogen-bond acceptors (Lipinski definition) is 10. The van der Waals surface area contributed by atoms with E-state index in [1.165, 1.54) is 17.9 Å². The van der Waals surface area contributed by atoms with Crippen LogP contribution in [0, 0.1) is 5.41 Å². The summed E-state index contributed by atoms with van der Waals surface area (Å²) >= 11 is 0. The predicted octanol–water partition coefficient (Wildman–Crippen LogP) is 2.85. The van der Waals surface area contributed by atoms with Crippen LogP contribution in [-0.2, 0) is 23.2 Å². The number of anilines is 3. The maximum Gasteiger partial charge on any atom is 0.290 e. The summed E-state index contributed by atoms with van der Waals surface area (Å²) in [6, 6.07) is 6.59. The average Bonchev–Trinajstić information content (AvgIpc) is 3.06. The molecule has 3 aromatic rings. The first-order valence-corrected chi connectivity index (χ1v) is 15.8. The fourth-order valence-corrected chi connectivity index (χ4v) is 6.31. The van der Waals surface area contributed by atoms with Crippen molar-refractivity contribution in [3.8, 4) is 11.3 Å². The lowest BCUT2D eigenvalue weighted by atomic mass is 9.81. The number of aliphatic hydroxyl groups is 1. The van der Waals surface area contributed by atoms with Crippen molar-refractivity contribution in [1.29, 1.82) is 0 Å². The molecule has 2 amide bonds. The van der Waals surface area contributed by atoms with E-state index in [0.717, 1.165) is 25.0 Å². The van der Waals surface area contributed by atoms with E-state index in [2.05, 4.69) is 45.7 Å². The molecular formula is C34H40N8O5. The van der Waals surface area contributed by atoms with Gasteiger partial charge in [0, 0.05) is 63.3 Å². The van der Waals surface area contributed by atoms with Crippen LogP contribution in [0.25, 0.3) is 11.3 Å². The number of fused-ring (bicyclic) bond motifs is 1. The molecule has 13 heteroatoms. The van der Waals surface area contributed by atoms with Crippen LogP contribution >= 0.6 is 0 Å². The number of pyridine rings is 2. The number of nitrogens with one attached hydrogen (secondary N) is 1. The lowest BCUT2D eigenvalue weighted by Gasteiger charge is -2.41. The number of nitrogens with zero attached hydrogens (tertiary/aromatic N) is 7. The highest BCUT2D eigenvalue weighted by Crippen LogP contribution is 2.36. The maximum atomic E-state index is 13.9. The Kier molecular flexibility index (Phi) is 8.93. The van der Waals surface area contributed by atoms with Crippen molar-refractivity contribution in [1.82, 2.24) is 29.5 Å². The molecule has 2 N–H and O–H groups in total. The Morgan fingerprint density at radius 1 is 1.09 bits per heavy atom. The molecule has 13 nitrogen and oxygen atoms in total. The summed E-state index contributed by atoms with van der Waals surface area (Å²) in [6.07, 6.45) is 6.66. The quantitative estimate of drug-likeness (QED) is 0.413. The highest BCUT2D eigenvalue weighted by molar-refractivity contribution is 6.06. The summed E-state index contributed by atoms with van der Waals surface area (Å²) in [5.41, 5.74) is 3.16. The monoisotopic (exact) mass is 640 g/mol. The number of morpholine rings is 1. The van der Waals surface area contributed by atoms with E-state index in [0.29, 0.717) is 79.1 Å². The van der Waals surface area contributed by atoms with Crippen molar-refractivity contribution in [2.45, 2.75) is 33.3 Å². The van der Waals surface area contributed by atoms with Crippen LogP contribution in [0.5, 0.6) is 0 Å². The Bertz CT molecular complexity index is 1790. The van der Waals surface area contributed by atoms with Gasteiger partial charge in [0.2, 0.25) is 0 Å². The van der Waals surface area contributed by atoms with Gasteiger partial charge in [-0.15, -0.1) is 0 Å². The molecule has 0 aromatic carbocycles. The van der Waals surface area contributed by atoms with Crippen LogP contribution in [-0.4, -0.2) is 92.4 Å². The van der Waals surface area contributed by atoms with E-state index in [4.69, 9.17) is 4.74 Å². The van der Waals surface area contributed by atoms with E-state index in [1.54, 1.807) is 40.3 Å². The van der Waals surface area contributed by atoms with Gasteiger partial charge in [-0.1, -0.05) is 26.0 Å². The summed E-state index contributed by atoms with van der Waals surface area (Å²) in [4.78, 5) is 54.2. The topological polar surface area (TPSA) is 146 Å². The number of rotatable bonds is 6. The zero-order chi connectivity index (χ0) is 33.3. The summed E-state index contributed by atoms with van der Waals surface area (Å²) in [6.45, 7) is 12.1. The first-order valence-electron chi connectivity index (χ1n) is 15.8. The fraction of sp³-hybridized carbons (Fsp3) is 0.412. The van der Waals surface area contributed by atoms with Gasteiger partial charge in [-0.25, -0.2) is 14.6 Å². The van der Waals surface area contributed by atoms with E-state index in [1.807, 2.05) is 6.08 Å². The molecule has 3 aliphatic rings. The molecule has 246 valence electrons. The predicted molar refractivity (Wildman–Crippen MR) is 177 cm³/mol. The standard InChI is InChI=1S/C34H40N8O5/c1-22-17-28-33(46)42(12-11-40(28)10-8-34(2,3)19-22)30-25(21-43)24(7-9-35-30)26-18-27(32(45)39(4)38-26)37-29-6-5-23(20-36-29)31(44)41-13-15-47-16-14-41/h5-7,9,17-18,20,43H,1,8,10-16,19,21H2,2-4H3,(H,36,37)/b28-17-. The normalized spacial score (nSPS) is 19.4. The van der Waals surface area contributed by atoms with Gasteiger partial charge in [-0.2, -0.15) is 5.10 Å². The lowest BCUT2D eigenvalue weighted by molar-refractivity contribution is -0.118. The molecule has 0 spiro atoms. The average molecular weight is 641 g/mol. The SMILES string of the molecule is C=C1/C=C2/C(=O)N(c3nccc(-c4cc(Nc5ccc(C(=O)N6CCOCC6)cn5)c(=O)n(C)n4)c3CO)CCN2CCC(C)(C)C1. The van der Waals surface area contributed by atoms with Gasteiger partial charge in [0.05, 0.1) is 31.1 Å². The Morgan fingerprint density at radius 2 is 1.87 bits per heavy atom. The highest BCUT2D eigenvalue weighted by Gasteiger charge is 2.35. The van der Waals surface area contributed by atoms with Gasteiger partial charge in [0.15, 0.2) is 0 Å². The largest absolute Gasteiger partial charge is 0.392 e. The molecule has 3 aromatic heterocycles. The van der Waals surface area contributed by atoms with Crippen LogP contribution in [0.1, 0.15) is 42.6 Å². The van der Waals surface area contributed by atoms with Crippen LogP contribution < -0.4 is 15.8 Å². The second-order valence-electron chi connectivity index (χ2n) is 12.9. The number of carbonyl (C=O) groups excluding carboxylic acids is 2. The van der Waals surface area contributed by atoms with Crippen LogP contribution in [0.2, 0.25) is 0 Å². The van der Waals surface area contributed by atoms with Crippen LogP contribution in [0.4, 0.5) is 17.3 Å². The minimum atomic E-state index is -0.403. The molecule has 6 heterocycles. The Morgan fingerprint density at radius 3 is 2.60 bits per heavy atom. The number of ether oxygens (including phenoxy) is 1. The summed E-state index contributed by atoms with van der Waals surface area (Å²) in [7, 11) is 1.53. The lowest BCUT2D eigenvalue weighted by Crippen LogP contribution is -2.50.